The Morgan fingerprint density at radius 2 is 1.86 bits per heavy atom. The SMILES string of the molecule is O=C(C1CNC[C@]12CCC(O)c1nc(Cl)ccc12)N1CC[C@@H](c2ccccc2)C[C@H]1C1CCCCC1. The molecular weight excluding hydrogens is 470 g/mol. The number of carbonyl (C=O) groups is 1. The summed E-state index contributed by atoms with van der Waals surface area (Å²) < 4.78 is 0. The highest BCUT2D eigenvalue weighted by Crippen LogP contribution is 2.49. The monoisotopic (exact) mass is 507 g/mol. The van der Waals surface area contributed by atoms with Gasteiger partial charge in [-0.05, 0) is 67.6 Å². The quantitative estimate of drug-likeness (QED) is 0.548. The van der Waals surface area contributed by atoms with Gasteiger partial charge in [0, 0.05) is 31.1 Å². The Morgan fingerprint density at radius 3 is 2.67 bits per heavy atom. The maximum Gasteiger partial charge on any atom is 0.228 e. The van der Waals surface area contributed by atoms with Crippen LogP contribution in [0.1, 0.15) is 86.6 Å². The minimum absolute atomic E-state index is 0.133. The molecule has 1 amide bonds. The lowest BCUT2D eigenvalue weighted by Gasteiger charge is -2.48. The number of hydrogen-bond donors (Lipinski definition) is 2. The first kappa shape index (κ1) is 24.4. The molecule has 1 aromatic carbocycles. The van der Waals surface area contributed by atoms with Gasteiger partial charge in [-0.2, -0.15) is 0 Å². The predicted molar refractivity (Wildman–Crippen MR) is 142 cm³/mol. The summed E-state index contributed by atoms with van der Waals surface area (Å²) in [5.41, 5.74) is 2.78. The van der Waals surface area contributed by atoms with Crippen molar-refractivity contribution in [2.24, 2.45) is 11.8 Å². The van der Waals surface area contributed by atoms with E-state index in [1.54, 1.807) is 0 Å². The van der Waals surface area contributed by atoms with E-state index in [-0.39, 0.29) is 11.3 Å². The molecule has 3 heterocycles. The van der Waals surface area contributed by atoms with Crippen LogP contribution in [0.3, 0.4) is 0 Å². The van der Waals surface area contributed by atoms with E-state index >= 15 is 0 Å². The molecule has 2 aliphatic carbocycles. The molecule has 2 aromatic rings. The van der Waals surface area contributed by atoms with Crippen molar-refractivity contribution < 1.29 is 9.90 Å². The molecule has 5 atom stereocenters. The third-order valence-electron chi connectivity index (χ3n) is 9.75. The van der Waals surface area contributed by atoms with E-state index in [2.05, 4.69) is 45.5 Å². The first-order valence-electron chi connectivity index (χ1n) is 14.0. The molecule has 2 unspecified atom stereocenters. The lowest BCUT2D eigenvalue weighted by atomic mass is 9.64. The van der Waals surface area contributed by atoms with E-state index < -0.39 is 6.10 Å². The van der Waals surface area contributed by atoms with Crippen molar-refractivity contribution in [2.45, 2.75) is 81.3 Å². The van der Waals surface area contributed by atoms with E-state index in [4.69, 9.17) is 11.6 Å². The number of aliphatic hydroxyl groups is 1. The molecule has 2 saturated heterocycles. The number of likely N-dealkylation sites (tertiary alicyclic amines) is 1. The molecule has 36 heavy (non-hydrogen) atoms. The summed E-state index contributed by atoms with van der Waals surface area (Å²) >= 11 is 6.21. The normalized spacial score (nSPS) is 33.0. The number of nitrogens with one attached hydrogen (secondary N) is 1. The minimum Gasteiger partial charge on any atom is -0.387 e. The van der Waals surface area contributed by atoms with Gasteiger partial charge in [-0.3, -0.25) is 4.79 Å². The molecule has 1 spiro atoms. The van der Waals surface area contributed by atoms with Crippen molar-refractivity contribution >= 4 is 17.5 Å². The lowest BCUT2D eigenvalue weighted by Crippen LogP contribution is -2.55. The van der Waals surface area contributed by atoms with E-state index in [1.807, 2.05) is 12.1 Å². The molecule has 0 radical (unpaired) electrons. The van der Waals surface area contributed by atoms with Crippen LogP contribution in [-0.2, 0) is 10.2 Å². The maximum atomic E-state index is 14.5. The molecular formula is C30H38ClN3O2. The smallest absolute Gasteiger partial charge is 0.228 e. The fraction of sp³-hybridized carbons (Fsp3) is 0.600. The molecule has 192 valence electrons. The second kappa shape index (κ2) is 10.1. The van der Waals surface area contributed by atoms with Gasteiger partial charge >= 0.3 is 0 Å². The van der Waals surface area contributed by atoms with Crippen LogP contribution < -0.4 is 5.32 Å². The van der Waals surface area contributed by atoms with E-state index in [9.17, 15) is 9.90 Å². The summed E-state index contributed by atoms with van der Waals surface area (Å²) in [5, 5.41) is 14.7. The minimum atomic E-state index is -0.614. The Bertz CT molecular complexity index is 1090. The van der Waals surface area contributed by atoms with Gasteiger partial charge in [0.15, 0.2) is 0 Å². The average molecular weight is 508 g/mol. The van der Waals surface area contributed by atoms with Crippen LogP contribution >= 0.6 is 11.6 Å². The zero-order valence-electron chi connectivity index (χ0n) is 21.0. The van der Waals surface area contributed by atoms with Crippen LogP contribution in [-0.4, -0.2) is 46.6 Å². The molecule has 6 rings (SSSR count). The van der Waals surface area contributed by atoms with Gasteiger partial charge in [0.25, 0.3) is 0 Å². The van der Waals surface area contributed by atoms with Gasteiger partial charge in [0.2, 0.25) is 5.91 Å². The van der Waals surface area contributed by atoms with Crippen molar-refractivity contribution in [3.05, 3.63) is 64.4 Å². The summed E-state index contributed by atoms with van der Waals surface area (Å²) in [7, 11) is 0. The van der Waals surface area contributed by atoms with Crippen molar-refractivity contribution in [1.29, 1.82) is 0 Å². The van der Waals surface area contributed by atoms with Gasteiger partial charge in [-0.1, -0.05) is 67.3 Å². The van der Waals surface area contributed by atoms with Gasteiger partial charge < -0.3 is 15.3 Å². The van der Waals surface area contributed by atoms with Gasteiger partial charge in [0.1, 0.15) is 5.15 Å². The molecule has 2 aliphatic heterocycles. The summed E-state index contributed by atoms with van der Waals surface area (Å²) in [6.45, 7) is 2.27. The van der Waals surface area contributed by atoms with Gasteiger partial charge in [-0.25, -0.2) is 4.98 Å². The number of piperidine rings is 1. The van der Waals surface area contributed by atoms with Gasteiger partial charge in [0.05, 0.1) is 17.7 Å². The molecule has 1 aromatic heterocycles. The highest BCUT2D eigenvalue weighted by atomic mass is 35.5. The van der Waals surface area contributed by atoms with E-state index in [1.165, 1.54) is 37.7 Å². The maximum absolute atomic E-state index is 14.5. The van der Waals surface area contributed by atoms with Gasteiger partial charge in [-0.15, -0.1) is 0 Å². The van der Waals surface area contributed by atoms with Crippen molar-refractivity contribution in [3.63, 3.8) is 0 Å². The van der Waals surface area contributed by atoms with Crippen LogP contribution in [0.2, 0.25) is 5.15 Å². The number of nitrogens with zero attached hydrogens (tertiary/aromatic N) is 2. The Balaban J connectivity index is 1.31. The van der Waals surface area contributed by atoms with Crippen LogP contribution in [0.25, 0.3) is 0 Å². The number of pyridine rings is 1. The third kappa shape index (κ3) is 4.27. The third-order valence-corrected chi connectivity index (χ3v) is 9.96. The summed E-state index contributed by atoms with van der Waals surface area (Å²) in [5.74, 6) is 1.29. The molecule has 2 N–H and O–H groups in total. The average Bonchev–Trinajstić information content (AvgIpc) is 3.35. The Kier molecular flexibility index (Phi) is 6.83. The summed E-state index contributed by atoms with van der Waals surface area (Å²) in [6, 6.07) is 15.0. The first-order chi connectivity index (χ1) is 17.6. The Morgan fingerprint density at radius 1 is 1.06 bits per heavy atom. The lowest BCUT2D eigenvalue weighted by molar-refractivity contribution is -0.143. The van der Waals surface area contributed by atoms with Crippen LogP contribution in [0.4, 0.5) is 0 Å². The second-order valence-electron chi connectivity index (χ2n) is 11.6. The number of carbonyl (C=O) groups excluding carboxylic acids is 1. The van der Waals surface area contributed by atoms with E-state index in [0.717, 1.165) is 37.9 Å². The molecule has 6 heteroatoms. The molecule has 3 fully saturated rings. The van der Waals surface area contributed by atoms with Crippen molar-refractivity contribution in [3.8, 4) is 0 Å². The Hall–Kier alpha value is -1.95. The molecule has 0 bridgehead atoms. The van der Waals surface area contributed by atoms with Crippen LogP contribution in [0.15, 0.2) is 42.5 Å². The number of halogens is 1. The van der Waals surface area contributed by atoms with Crippen molar-refractivity contribution in [1.82, 2.24) is 15.2 Å². The zero-order chi connectivity index (χ0) is 24.7. The zero-order valence-corrected chi connectivity index (χ0v) is 21.8. The number of amides is 1. The second-order valence-corrected chi connectivity index (χ2v) is 12.0. The number of aromatic nitrogens is 1. The highest BCUT2D eigenvalue weighted by Gasteiger charge is 2.54. The number of benzene rings is 1. The number of aliphatic hydroxyl groups excluding tert-OH is 1. The molecule has 1 saturated carbocycles. The summed E-state index contributed by atoms with van der Waals surface area (Å²) in [4.78, 5) is 21.3. The fourth-order valence-corrected chi connectivity index (χ4v) is 8.04. The predicted octanol–water partition coefficient (Wildman–Crippen LogP) is 5.37. The topological polar surface area (TPSA) is 65.5 Å². The molecule has 5 nitrogen and oxygen atoms in total. The van der Waals surface area contributed by atoms with Crippen LogP contribution in [0, 0.1) is 11.8 Å². The standard InChI is InChI=1S/C30H38ClN3O2/c31-27-12-11-23-28(33-27)26(35)13-15-30(23)19-32-18-24(30)29(36)34-16-14-22(20-7-3-1-4-8-20)17-25(34)21-9-5-2-6-10-21/h1,3-4,7-8,11-12,21-22,24-26,32,35H,2,5-6,9-10,13-19H2/t22-,24?,25+,26?,30+/m1/s1. The fourth-order valence-electron chi connectivity index (χ4n) is 7.88. The largest absolute Gasteiger partial charge is 0.387 e. The number of fused-ring (bicyclic) bond motifs is 2. The van der Waals surface area contributed by atoms with E-state index in [0.29, 0.717) is 47.6 Å². The summed E-state index contributed by atoms with van der Waals surface area (Å²) in [6.07, 6.45) is 9.26. The number of hydrogen-bond acceptors (Lipinski definition) is 4. The highest BCUT2D eigenvalue weighted by molar-refractivity contribution is 6.29. The first-order valence-corrected chi connectivity index (χ1v) is 14.4. The Labute approximate surface area is 219 Å². The molecule has 4 aliphatic rings. The van der Waals surface area contributed by atoms with Crippen LogP contribution in [0.5, 0.6) is 0 Å². The number of rotatable bonds is 3. The van der Waals surface area contributed by atoms with Crippen molar-refractivity contribution in [2.75, 3.05) is 19.6 Å².